The number of nitrogens with zero attached hydrogens (tertiary/aromatic N) is 1. The molecule has 1 fully saturated rings. The number of nitrogens with one attached hydrogen (secondary N) is 1. The zero-order valence-corrected chi connectivity index (χ0v) is 11.3. The van der Waals surface area contributed by atoms with Gasteiger partial charge in [-0.25, -0.2) is 0 Å². The second-order valence-electron chi connectivity index (χ2n) is 5.34. The van der Waals surface area contributed by atoms with Crippen LogP contribution >= 0.6 is 0 Å². The maximum absolute atomic E-state index is 5.72. The fourth-order valence-electron chi connectivity index (χ4n) is 3.28. The fourth-order valence-corrected chi connectivity index (χ4v) is 3.28. The number of para-hydroxylation sites is 1. The minimum absolute atomic E-state index is 0.642. The second kappa shape index (κ2) is 4.71. The summed E-state index contributed by atoms with van der Waals surface area (Å²) in [5.74, 6) is 1.77. The number of piperidine rings is 1. The summed E-state index contributed by atoms with van der Waals surface area (Å²) in [5, 5.41) is 3.58. The van der Waals surface area contributed by atoms with Crippen LogP contribution in [0.2, 0.25) is 0 Å². The molecule has 0 bridgehead atoms. The van der Waals surface area contributed by atoms with Crippen molar-refractivity contribution < 1.29 is 4.74 Å². The Morgan fingerprint density at radius 2 is 2.33 bits per heavy atom. The number of rotatable bonds is 2. The van der Waals surface area contributed by atoms with Gasteiger partial charge in [-0.2, -0.15) is 0 Å². The van der Waals surface area contributed by atoms with Crippen LogP contribution in [-0.4, -0.2) is 25.7 Å². The van der Waals surface area contributed by atoms with Crippen molar-refractivity contribution in [2.45, 2.75) is 32.7 Å². The summed E-state index contributed by atoms with van der Waals surface area (Å²) in [6.07, 6.45) is 2.65. The number of hydrogen-bond donors (Lipinski definition) is 1. The fraction of sp³-hybridized carbons (Fsp3) is 0.600. The molecule has 1 aromatic carbocycles. The molecule has 2 aliphatic rings. The van der Waals surface area contributed by atoms with Crippen molar-refractivity contribution >= 4 is 11.4 Å². The van der Waals surface area contributed by atoms with E-state index in [9.17, 15) is 0 Å². The lowest BCUT2D eigenvalue weighted by Crippen LogP contribution is -2.51. The van der Waals surface area contributed by atoms with E-state index in [4.69, 9.17) is 4.74 Å². The molecule has 2 aliphatic heterocycles. The molecule has 0 spiro atoms. The predicted octanol–water partition coefficient (Wildman–Crippen LogP) is 3.12. The Kier molecular flexibility index (Phi) is 3.06. The molecular formula is C15H22N2O. The molecule has 1 aromatic rings. The summed E-state index contributed by atoms with van der Waals surface area (Å²) in [5.41, 5.74) is 2.51. The van der Waals surface area contributed by atoms with Crippen molar-refractivity contribution in [3.05, 3.63) is 18.2 Å². The van der Waals surface area contributed by atoms with Gasteiger partial charge in [0.2, 0.25) is 0 Å². The molecule has 18 heavy (non-hydrogen) atoms. The van der Waals surface area contributed by atoms with Gasteiger partial charge in [0.25, 0.3) is 0 Å². The van der Waals surface area contributed by atoms with Crippen molar-refractivity contribution in [3.8, 4) is 5.75 Å². The molecule has 0 radical (unpaired) electrons. The van der Waals surface area contributed by atoms with Crippen LogP contribution in [0, 0.1) is 5.92 Å². The third-order valence-electron chi connectivity index (χ3n) is 4.22. The van der Waals surface area contributed by atoms with Crippen LogP contribution < -0.4 is 15.0 Å². The van der Waals surface area contributed by atoms with Crippen LogP contribution in [-0.2, 0) is 0 Å². The number of anilines is 2. The summed E-state index contributed by atoms with van der Waals surface area (Å²) in [4.78, 5) is 2.57. The van der Waals surface area contributed by atoms with Crippen LogP contribution in [0.4, 0.5) is 11.4 Å². The van der Waals surface area contributed by atoms with Gasteiger partial charge in [-0.3, -0.25) is 0 Å². The zero-order chi connectivity index (χ0) is 12.5. The highest BCUT2D eigenvalue weighted by Crippen LogP contribution is 2.42. The van der Waals surface area contributed by atoms with Gasteiger partial charge in [0.1, 0.15) is 11.4 Å². The molecule has 2 unspecified atom stereocenters. The van der Waals surface area contributed by atoms with Crippen LogP contribution in [0.3, 0.4) is 0 Å². The van der Waals surface area contributed by atoms with Crippen LogP contribution in [0.25, 0.3) is 0 Å². The first-order valence-electron chi connectivity index (χ1n) is 7.07. The van der Waals surface area contributed by atoms with Gasteiger partial charge in [-0.15, -0.1) is 0 Å². The molecule has 0 aliphatic carbocycles. The van der Waals surface area contributed by atoms with Gasteiger partial charge in [0.05, 0.1) is 12.3 Å². The van der Waals surface area contributed by atoms with Crippen LogP contribution in [0.1, 0.15) is 26.7 Å². The van der Waals surface area contributed by atoms with E-state index in [1.165, 1.54) is 30.8 Å². The van der Waals surface area contributed by atoms with Crippen molar-refractivity contribution in [2.24, 2.45) is 5.92 Å². The molecule has 0 amide bonds. The van der Waals surface area contributed by atoms with E-state index in [1.54, 1.807) is 0 Å². The average Bonchev–Trinajstić information content (AvgIpc) is 2.40. The number of hydrogen-bond acceptors (Lipinski definition) is 3. The monoisotopic (exact) mass is 246 g/mol. The Morgan fingerprint density at radius 3 is 3.17 bits per heavy atom. The Morgan fingerprint density at radius 1 is 1.44 bits per heavy atom. The molecule has 0 aromatic heterocycles. The van der Waals surface area contributed by atoms with E-state index in [2.05, 4.69) is 35.3 Å². The third kappa shape index (κ3) is 1.82. The van der Waals surface area contributed by atoms with Crippen LogP contribution in [0.15, 0.2) is 18.2 Å². The van der Waals surface area contributed by atoms with Gasteiger partial charge < -0.3 is 15.0 Å². The SMILES string of the molecule is CCOc1cccc2c1NCC1C(C)CCCN21. The Hall–Kier alpha value is -1.38. The van der Waals surface area contributed by atoms with Gasteiger partial charge in [-0.1, -0.05) is 13.0 Å². The first-order chi connectivity index (χ1) is 8.81. The highest BCUT2D eigenvalue weighted by Gasteiger charge is 2.33. The molecule has 2 atom stereocenters. The minimum atomic E-state index is 0.642. The summed E-state index contributed by atoms with van der Waals surface area (Å²) < 4.78 is 5.72. The highest BCUT2D eigenvalue weighted by atomic mass is 16.5. The van der Waals surface area contributed by atoms with E-state index >= 15 is 0 Å². The topological polar surface area (TPSA) is 24.5 Å². The predicted molar refractivity (Wildman–Crippen MR) is 75.6 cm³/mol. The summed E-state index contributed by atoms with van der Waals surface area (Å²) in [6.45, 7) is 7.35. The Bertz CT molecular complexity index is 433. The lowest BCUT2D eigenvalue weighted by Gasteiger charge is -2.46. The van der Waals surface area contributed by atoms with E-state index in [1.807, 2.05) is 6.92 Å². The molecule has 1 saturated heterocycles. The lowest BCUT2D eigenvalue weighted by atomic mass is 9.88. The van der Waals surface area contributed by atoms with Crippen LogP contribution in [0.5, 0.6) is 5.75 Å². The van der Waals surface area contributed by atoms with Gasteiger partial charge in [0, 0.05) is 19.1 Å². The van der Waals surface area contributed by atoms with E-state index in [0.29, 0.717) is 6.04 Å². The smallest absolute Gasteiger partial charge is 0.144 e. The van der Waals surface area contributed by atoms with Gasteiger partial charge in [-0.05, 0) is 37.8 Å². The second-order valence-corrected chi connectivity index (χ2v) is 5.34. The Labute approximate surface area is 109 Å². The van der Waals surface area contributed by atoms with E-state index < -0.39 is 0 Å². The number of ether oxygens (including phenoxy) is 1. The maximum Gasteiger partial charge on any atom is 0.144 e. The molecule has 98 valence electrons. The van der Waals surface area contributed by atoms with Crippen molar-refractivity contribution in [1.82, 2.24) is 0 Å². The van der Waals surface area contributed by atoms with E-state index in [-0.39, 0.29) is 0 Å². The maximum atomic E-state index is 5.72. The molecule has 1 N–H and O–H groups in total. The summed E-state index contributed by atoms with van der Waals surface area (Å²) in [7, 11) is 0. The van der Waals surface area contributed by atoms with E-state index in [0.717, 1.165) is 24.8 Å². The molecule has 2 heterocycles. The van der Waals surface area contributed by atoms with Gasteiger partial charge >= 0.3 is 0 Å². The molecule has 0 saturated carbocycles. The van der Waals surface area contributed by atoms with Gasteiger partial charge in [0.15, 0.2) is 0 Å². The zero-order valence-electron chi connectivity index (χ0n) is 11.3. The minimum Gasteiger partial charge on any atom is -0.492 e. The summed E-state index contributed by atoms with van der Waals surface area (Å²) >= 11 is 0. The number of benzene rings is 1. The first-order valence-corrected chi connectivity index (χ1v) is 7.07. The normalized spacial score (nSPS) is 26.0. The van der Waals surface area contributed by atoms with Crippen molar-refractivity contribution in [3.63, 3.8) is 0 Å². The Balaban J connectivity index is 1.97. The first kappa shape index (κ1) is 11.7. The molecular weight excluding hydrogens is 224 g/mol. The van der Waals surface area contributed by atoms with Crippen molar-refractivity contribution in [1.29, 1.82) is 0 Å². The molecule has 3 rings (SSSR count). The largest absolute Gasteiger partial charge is 0.492 e. The highest BCUT2D eigenvalue weighted by molar-refractivity contribution is 5.79. The number of fused-ring (bicyclic) bond motifs is 3. The summed E-state index contributed by atoms with van der Waals surface area (Å²) in [6, 6.07) is 7.02. The standard InChI is InChI=1S/C15H22N2O/c1-3-18-14-8-4-7-12-15(14)16-10-13-11(2)6-5-9-17(12)13/h4,7-8,11,13,16H,3,5-6,9-10H2,1-2H3. The quantitative estimate of drug-likeness (QED) is 0.867. The lowest BCUT2D eigenvalue weighted by molar-refractivity contribution is 0.333. The third-order valence-corrected chi connectivity index (χ3v) is 4.22. The van der Waals surface area contributed by atoms with Crippen molar-refractivity contribution in [2.75, 3.05) is 29.9 Å². The average molecular weight is 246 g/mol. The molecule has 3 heteroatoms. The molecule has 3 nitrogen and oxygen atoms in total.